The van der Waals surface area contributed by atoms with Crippen molar-refractivity contribution >= 4 is 17.4 Å². The van der Waals surface area contributed by atoms with Crippen molar-refractivity contribution in [3.63, 3.8) is 0 Å². The van der Waals surface area contributed by atoms with Crippen LogP contribution in [0.1, 0.15) is 68.8 Å². The maximum atomic E-state index is 13.2. The van der Waals surface area contributed by atoms with Gasteiger partial charge in [-0.3, -0.25) is 4.79 Å². The molecule has 1 atom stereocenters. The Balaban J connectivity index is 1.56. The number of hydrogen-bond donors (Lipinski definition) is 2. The summed E-state index contributed by atoms with van der Waals surface area (Å²) in [5, 5.41) is 9.19. The number of benzene rings is 1. The van der Waals surface area contributed by atoms with Crippen LogP contribution in [0.5, 0.6) is 0 Å². The van der Waals surface area contributed by atoms with Gasteiger partial charge in [-0.1, -0.05) is 50.6 Å². The molecule has 1 aliphatic heterocycles. The fourth-order valence-electron chi connectivity index (χ4n) is 5.99. The number of carbonyl (C=O) groups is 2. The molecular weight excluding hydrogens is 388 g/mol. The van der Waals surface area contributed by atoms with Crippen molar-refractivity contribution in [1.29, 1.82) is 0 Å². The molecule has 5 nitrogen and oxygen atoms in total. The van der Waals surface area contributed by atoms with Crippen LogP contribution in [0.25, 0.3) is 5.57 Å². The molecule has 3 aliphatic rings. The molecule has 1 heterocycles. The van der Waals surface area contributed by atoms with E-state index in [9.17, 15) is 14.7 Å². The lowest BCUT2D eigenvalue weighted by Crippen LogP contribution is -2.50. The summed E-state index contributed by atoms with van der Waals surface area (Å²) in [5.41, 5.74) is 9.76. The van der Waals surface area contributed by atoms with Gasteiger partial charge in [-0.2, -0.15) is 0 Å². The standard InChI is InChI=1S/C26H34N2O3/c1-25(2)21(17-4-6-19(7-5-17)24(30)31)12-14-26(3)16-28(15-13-22(25)26)23(29)18-8-10-20(27)11-9-18/h4-7,12-13,18,20H,8-11,14-16,27H2,1-3H3,(H,30,31)/t18?,20?,26-/m1/s1. The molecule has 3 N–H and O–H groups in total. The summed E-state index contributed by atoms with van der Waals surface area (Å²) in [6.07, 6.45) is 9.15. The number of amides is 1. The van der Waals surface area contributed by atoms with Gasteiger partial charge in [-0.05, 0) is 55.4 Å². The zero-order valence-corrected chi connectivity index (χ0v) is 18.9. The third-order valence-electron chi connectivity index (χ3n) is 7.68. The van der Waals surface area contributed by atoms with E-state index in [1.165, 1.54) is 11.1 Å². The first-order chi connectivity index (χ1) is 14.6. The second-order valence-corrected chi connectivity index (χ2v) is 10.3. The van der Waals surface area contributed by atoms with Gasteiger partial charge in [0.1, 0.15) is 0 Å². The highest BCUT2D eigenvalue weighted by Crippen LogP contribution is 2.55. The van der Waals surface area contributed by atoms with E-state index in [1.807, 2.05) is 12.1 Å². The van der Waals surface area contributed by atoms with E-state index in [1.54, 1.807) is 12.1 Å². The van der Waals surface area contributed by atoms with Crippen LogP contribution in [0.15, 0.2) is 42.0 Å². The summed E-state index contributed by atoms with van der Waals surface area (Å²) in [6.45, 7) is 8.18. The molecule has 5 heteroatoms. The second-order valence-electron chi connectivity index (χ2n) is 10.3. The lowest BCUT2D eigenvalue weighted by molar-refractivity contribution is -0.137. The fourth-order valence-corrected chi connectivity index (χ4v) is 5.99. The van der Waals surface area contributed by atoms with E-state index in [2.05, 4.69) is 37.8 Å². The Bertz CT molecular complexity index is 936. The monoisotopic (exact) mass is 422 g/mol. The third-order valence-corrected chi connectivity index (χ3v) is 7.68. The molecule has 2 aliphatic carbocycles. The van der Waals surface area contributed by atoms with E-state index in [0.717, 1.165) is 44.2 Å². The summed E-state index contributed by atoms with van der Waals surface area (Å²) in [6, 6.07) is 7.42. The lowest BCUT2D eigenvalue weighted by Gasteiger charge is -2.51. The molecule has 0 saturated heterocycles. The molecule has 1 amide bonds. The van der Waals surface area contributed by atoms with E-state index >= 15 is 0 Å². The molecule has 1 fully saturated rings. The summed E-state index contributed by atoms with van der Waals surface area (Å²) in [7, 11) is 0. The fraction of sp³-hybridized carbons (Fsp3) is 0.538. The van der Waals surface area contributed by atoms with Gasteiger partial charge in [-0.25, -0.2) is 4.79 Å². The van der Waals surface area contributed by atoms with Crippen molar-refractivity contribution in [2.45, 2.75) is 58.9 Å². The Kier molecular flexibility index (Phi) is 5.59. The number of hydrogen-bond acceptors (Lipinski definition) is 3. The topological polar surface area (TPSA) is 83.6 Å². The molecule has 0 spiro atoms. The van der Waals surface area contributed by atoms with E-state index in [-0.39, 0.29) is 22.8 Å². The summed E-state index contributed by atoms with van der Waals surface area (Å²) in [5.74, 6) is -0.496. The minimum Gasteiger partial charge on any atom is -0.478 e. The molecule has 1 aromatic carbocycles. The molecule has 4 rings (SSSR count). The third kappa shape index (κ3) is 3.96. The Labute approximate surface area is 185 Å². The smallest absolute Gasteiger partial charge is 0.335 e. The van der Waals surface area contributed by atoms with Crippen molar-refractivity contribution < 1.29 is 14.7 Å². The summed E-state index contributed by atoms with van der Waals surface area (Å²) in [4.78, 5) is 26.5. The van der Waals surface area contributed by atoms with Crippen molar-refractivity contribution in [1.82, 2.24) is 4.90 Å². The Morgan fingerprint density at radius 2 is 1.68 bits per heavy atom. The predicted octanol–water partition coefficient (Wildman–Crippen LogP) is 4.49. The van der Waals surface area contributed by atoms with Gasteiger partial charge in [0, 0.05) is 35.9 Å². The number of aromatic carboxylic acids is 1. The molecule has 1 aromatic rings. The first-order valence-corrected chi connectivity index (χ1v) is 11.4. The molecular formula is C26H34N2O3. The zero-order valence-electron chi connectivity index (χ0n) is 18.9. The first-order valence-electron chi connectivity index (χ1n) is 11.4. The number of carbonyl (C=O) groups excluding carboxylic acids is 1. The zero-order chi connectivity index (χ0) is 22.4. The van der Waals surface area contributed by atoms with Crippen molar-refractivity contribution in [3.8, 4) is 0 Å². The highest BCUT2D eigenvalue weighted by molar-refractivity contribution is 5.88. The summed E-state index contributed by atoms with van der Waals surface area (Å²) < 4.78 is 0. The molecule has 0 unspecified atom stereocenters. The SMILES string of the molecule is CC1(C)C(c2ccc(C(=O)O)cc2)=CC[C@]2(C)CN(C(=O)C3CCC(N)CC3)CC=C12. The highest BCUT2D eigenvalue weighted by atomic mass is 16.4. The molecule has 31 heavy (non-hydrogen) atoms. The quantitative estimate of drug-likeness (QED) is 0.703. The van der Waals surface area contributed by atoms with Crippen LogP contribution in [-0.2, 0) is 4.79 Å². The van der Waals surface area contributed by atoms with Crippen LogP contribution in [0.3, 0.4) is 0 Å². The Morgan fingerprint density at radius 1 is 1.03 bits per heavy atom. The van der Waals surface area contributed by atoms with Crippen LogP contribution in [-0.4, -0.2) is 41.0 Å². The van der Waals surface area contributed by atoms with Crippen LogP contribution < -0.4 is 5.73 Å². The van der Waals surface area contributed by atoms with Gasteiger partial charge in [0.2, 0.25) is 5.91 Å². The number of rotatable bonds is 3. The van der Waals surface area contributed by atoms with E-state index in [0.29, 0.717) is 18.0 Å². The number of nitrogens with two attached hydrogens (primary N) is 1. The predicted molar refractivity (Wildman–Crippen MR) is 122 cm³/mol. The van der Waals surface area contributed by atoms with Crippen LogP contribution in [0, 0.1) is 16.7 Å². The van der Waals surface area contributed by atoms with Gasteiger partial charge in [0.25, 0.3) is 0 Å². The van der Waals surface area contributed by atoms with Crippen LogP contribution >= 0.6 is 0 Å². The number of nitrogens with zero attached hydrogens (tertiary/aromatic N) is 1. The lowest BCUT2D eigenvalue weighted by atomic mass is 9.58. The van der Waals surface area contributed by atoms with Gasteiger partial charge >= 0.3 is 5.97 Å². The average Bonchev–Trinajstić information content (AvgIpc) is 2.73. The summed E-state index contributed by atoms with van der Waals surface area (Å²) >= 11 is 0. The Hall–Kier alpha value is -2.40. The average molecular weight is 423 g/mol. The van der Waals surface area contributed by atoms with Gasteiger partial charge in [0.15, 0.2) is 0 Å². The van der Waals surface area contributed by atoms with Crippen molar-refractivity contribution in [2.24, 2.45) is 22.5 Å². The molecule has 1 saturated carbocycles. The molecule has 166 valence electrons. The second kappa shape index (κ2) is 7.94. The van der Waals surface area contributed by atoms with Crippen LogP contribution in [0.4, 0.5) is 0 Å². The van der Waals surface area contributed by atoms with E-state index < -0.39 is 5.97 Å². The molecule has 0 radical (unpaired) electrons. The number of allylic oxidation sites excluding steroid dienone is 2. The van der Waals surface area contributed by atoms with Gasteiger partial charge in [0.05, 0.1) is 5.56 Å². The molecule has 0 bridgehead atoms. The van der Waals surface area contributed by atoms with Crippen molar-refractivity contribution in [2.75, 3.05) is 13.1 Å². The van der Waals surface area contributed by atoms with E-state index in [4.69, 9.17) is 5.73 Å². The molecule has 0 aromatic heterocycles. The van der Waals surface area contributed by atoms with Crippen LogP contribution in [0.2, 0.25) is 0 Å². The highest BCUT2D eigenvalue weighted by Gasteiger charge is 2.47. The maximum absolute atomic E-state index is 13.2. The number of carboxylic acids is 1. The normalized spacial score (nSPS) is 30.1. The number of fused-ring (bicyclic) bond motifs is 1. The van der Waals surface area contributed by atoms with Gasteiger partial charge in [-0.15, -0.1) is 0 Å². The number of carboxylic acid groups (broad SMARTS) is 1. The maximum Gasteiger partial charge on any atom is 0.335 e. The Morgan fingerprint density at radius 3 is 2.29 bits per heavy atom. The first kappa shape index (κ1) is 21.8. The van der Waals surface area contributed by atoms with Crippen molar-refractivity contribution in [3.05, 3.63) is 53.1 Å². The minimum absolute atomic E-state index is 0.0764. The largest absolute Gasteiger partial charge is 0.478 e. The van der Waals surface area contributed by atoms with Gasteiger partial charge < -0.3 is 15.7 Å². The minimum atomic E-state index is -0.907.